The molecule has 0 N–H and O–H groups in total. The molecule has 0 aromatic rings. The normalized spacial score (nSPS) is 10.6. The molecular formula is C9H14O. The molecule has 0 aliphatic carbocycles. The number of hydrogen-bond acceptors (Lipinski definition) is 1. The van der Waals surface area contributed by atoms with E-state index in [4.69, 9.17) is 6.42 Å². The second-order valence-corrected chi connectivity index (χ2v) is 3.63. The summed E-state index contributed by atoms with van der Waals surface area (Å²) in [5.41, 5.74) is 0.215. The maximum absolute atomic E-state index is 10.6. The Balaban J connectivity index is 3.58. The molecule has 0 heterocycles. The van der Waals surface area contributed by atoms with Crippen LogP contribution in [0.2, 0.25) is 0 Å². The number of terminal acetylenes is 1. The molecule has 0 aliphatic rings. The van der Waals surface area contributed by atoms with Crippen LogP contribution in [0.4, 0.5) is 0 Å². The molecule has 56 valence electrons. The average Bonchev–Trinajstić information content (AvgIpc) is 1.81. The second kappa shape index (κ2) is 3.41. The molecule has 0 bridgehead atoms. The highest BCUT2D eigenvalue weighted by molar-refractivity contribution is 5.94. The number of carbonyl (C=O) groups is 1. The van der Waals surface area contributed by atoms with E-state index < -0.39 is 0 Å². The first kappa shape index (κ1) is 9.23. The Bertz CT molecular complexity index is 155. The Morgan fingerprint density at radius 3 is 2.30 bits per heavy atom. The largest absolute Gasteiger partial charge is 0.285 e. The third kappa shape index (κ3) is 5.37. The lowest BCUT2D eigenvalue weighted by Crippen LogP contribution is -2.07. The molecule has 0 saturated carbocycles. The molecule has 0 rings (SSSR count). The van der Waals surface area contributed by atoms with Crippen LogP contribution in [0.1, 0.15) is 33.6 Å². The molecule has 1 nitrogen and oxygen atoms in total. The molecular weight excluding hydrogens is 124 g/mol. The van der Waals surface area contributed by atoms with Crippen LogP contribution in [0.25, 0.3) is 0 Å². The SMILES string of the molecule is C#CC(=O)CCC(C)(C)C. The zero-order chi connectivity index (χ0) is 8.20. The van der Waals surface area contributed by atoms with Crippen LogP contribution in [0.15, 0.2) is 0 Å². The minimum atomic E-state index is -0.0880. The highest BCUT2D eigenvalue weighted by Crippen LogP contribution is 2.20. The minimum absolute atomic E-state index is 0.0880. The fraction of sp³-hybridized carbons (Fsp3) is 0.667. The van der Waals surface area contributed by atoms with Crippen LogP contribution in [0.5, 0.6) is 0 Å². The van der Waals surface area contributed by atoms with Gasteiger partial charge in [-0.15, -0.1) is 6.42 Å². The Hall–Kier alpha value is -0.770. The van der Waals surface area contributed by atoms with Gasteiger partial charge in [0.1, 0.15) is 0 Å². The van der Waals surface area contributed by atoms with E-state index in [2.05, 4.69) is 26.7 Å². The number of Topliss-reactive ketones (excluding diaryl/α,β-unsaturated/α-hetero) is 1. The Morgan fingerprint density at radius 2 is 2.00 bits per heavy atom. The number of hydrogen-bond donors (Lipinski definition) is 0. The van der Waals surface area contributed by atoms with Gasteiger partial charge in [-0.2, -0.15) is 0 Å². The van der Waals surface area contributed by atoms with Crippen LogP contribution < -0.4 is 0 Å². The van der Waals surface area contributed by atoms with E-state index in [0.717, 1.165) is 6.42 Å². The molecule has 0 radical (unpaired) electrons. The smallest absolute Gasteiger partial charge is 0.205 e. The van der Waals surface area contributed by atoms with E-state index in [0.29, 0.717) is 6.42 Å². The maximum atomic E-state index is 10.6. The summed E-state index contributed by atoms with van der Waals surface area (Å²) in [6, 6.07) is 0. The van der Waals surface area contributed by atoms with Crippen molar-refractivity contribution in [2.75, 3.05) is 0 Å². The van der Waals surface area contributed by atoms with Crippen LogP contribution in [-0.2, 0) is 4.79 Å². The quantitative estimate of drug-likeness (QED) is 0.421. The van der Waals surface area contributed by atoms with Crippen molar-refractivity contribution in [3.63, 3.8) is 0 Å². The molecule has 0 atom stereocenters. The van der Waals surface area contributed by atoms with Crippen molar-refractivity contribution in [2.24, 2.45) is 5.41 Å². The van der Waals surface area contributed by atoms with Gasteiger partial charge in [-0.3, -0.25) is 4.79 Å². The summed E-state index contributed by atoms with van der Waals surface area (Å²) in [5.74, 6) is 2.01. The summed E-state index contributed by atoms with van der Waals surface area (Å²) < 4.78 is 0. The summed E-state index contributed by atoms with van der Waals surface area (Å²) in [6.45, 7) is 6.28. The van der Waals surface area contributed by atoms with E-state index in [1.807, 2.05) is 0 Å². The van der Waals surface area contributed by atoms with E-state index >= 15 is 0 Å². The average molecular weight is 138 g/mol. The molecule has 0 aromatic carbocycles. The highest BCUT2D eigenvalue weighted by atomic mass is 16.1. The minimum Gasteiger partial charge on any atom is -0.285 e. The molecule has 0 aliphatic heterocycles. The van der Waals surface area contributed by atoms with Gasteiger partial charge in [0.15, 0.2) is 0 Å². The molecule has 0 saturated heterocycles. The van der Waals surface area contributed by atoms with Gasteiger partial charge in [0.05, 0.1) is 0 Å². The monoisotopic (exact) mass is 138 g/mol. The highest BCUT2D eigenvalue weighted by Gasteiger charge is 2.11. The summed E-state index contributed by atoms with van der Waals surface area (Å²) in [7, 11) is 0. The van der Waals surface area contributed by atoms with Gasteiger partial charge in [-0.05, 0) is 17.8 Å². The standard InChI is InChI=1S/C9H14O/c1-5-8(10)6-7-9(2,3)4/h1H,6-7H2,2-4H3. The van der Waals surface area contributed by atoms with Crippen LogP contribution in [-0.4, -0.2) is 5.78 Å². The molecule has 0 spiro atoms. The lowest BCUT2D eigenvalue weighted by atomic mass is 9.90. The third-order valence-electron chi connectivity index (χ3n) is 1.26. The Morgan fingerprint density at radius 1 is 1.50 bits per heavy atom. The zero-order valence-corrected chi connectivity index (χ0v) is 6.90. The molecule has 0 aromatic heterocycles. The van der Waals surface area contributed by atoms with E-state index in [9.17, 15) is 4.79 Å². The molecule has 10 heavy (non-hydrogen) atoms. The van der Waals surface area contributed by atoms with Crippen molar-refractivity contribution >= 4 is 5.78 Å². The van der Waals surface area contributed by atoms with Crippen molar-refractivity contribution in [1.29, 1.82) is 0 Å². The maximum Gasteiger partial charge on any atom is 0.205 e. The third-order valence-corrected chi connectivity index (χ3v) is 1.26. The summed E-state index contributed by atoms with van der Waals surface area (Å²) in [6.07, 6.45) is 6.29. The molecule has 1 heteroatoms. The van der Waals surface area contributed by atoms with Crippen molar-refractivity contribution in [1.82, 2.24) is 0 Å². The number of rotatable bonds is 2. The lowest BCUT2D eigenvalue weighted by molar-refractivity contribution is -0.114. The molecule has 0 amide bonds. The summed E-state index contributed by atoms with van der Waals surface area (Å²) >= 11 is 0. The fourth-order valence-corrected chi connectivity index (χ4v) is 0.561. The van der Waals surface area contributed by atoms with Crippen LogP contribution >= 0.6 is 0 Å². The van der Waals surface area contributed by atoms with Gasteiger partial charge in [-0.1, -0.05) is 20.8 Å². The van der Waals surface area contributed by atoms with Gasteiger partial charge >= 0.3 is 0 Å². The molecule has 0 unspecified atom stereocenters. The van der Waals surface area contributed by atoms with Gasteiger partial charge in [0, 0.05) is 6.42 Å². The van der Waals surface area contributed by atoms with Gasteiger partial charge in [0.25, 0.3) is 0 Å². The Labute approximate surface area is 62.8 Å². The van der Waals surface area contributed by atoms with E-state index in [-0.39, 0.29) is 11.2 Å². The fourth-order valence-electron chi connectivity index (χ4n) is 0.561. The molecule has 0 fully saturated rings. The summed E-state index contributed by atoms with van der Waals surface area (Å²) in [5, 5.41) is 0. The summed E-state index contributed by atoms with van der Waals surface area (Å²) in [4.78, 5) is 10.6. The van der Waals surface area contributed by atoms with Gasteiger partial charge in [-0.25, -0.2) is 0 Å². The number of carbonyl (C=O) groups excluding carboxylic acids is 1. The lowest BCUT2D eigenvalue weighted by Gasteiger charge is -2.15. The van der Waals surface area contributed by atoms with Crippen molar-refractivity contribution < 1.29 is 4.79 Å². The topological polar surface area (TPSA) is 17.1 Å². The van der Waals surface area contributed by atoms with Crippen molar-refractivity contribution in [2.45, 2.75) is 33.6 Å². The van der Waals surface area contributed by atoms with Crippen LogP contribution in [0, 0.1) is 17.8 Å². The van der Waals surface area contributed by atoms with Crippen molar-refractivity contribution in [3.05, 3.63) is 0 Å². The predicted octanol–water partition coefficient (Wildman–Crippen LogP) is 2.02. The van der Waals surface area contributed by atoms with Gasteiger partial charge < -0.3 is 0 Å². The van der Waals surface area contributed by atoms with E-state index in [1.165, 1.54) is 0 Å². The first-order valence-corrected chi connectivity index (χ1v) is 3.45. The first-order valence-electron chi connectivity index (χ1n) is 3.45. The Kier molecular flexibility index (Phi) is 3.15. The van der Waals surface area contributed by atoms with Crippen molar-refractivity contribution in [3.8, 4) is 12.3 Å². The second-order valence-electron chi connectivity index (χ2n) is 3.63. The van der Waals surface area contributed by atoms with Gasteiger partial charge in [0.2, 0.25) is 5.78 Å². The van der Waals surface area contributed by atoms with Crippen LogP contribution in [0.3, 0.4) is 0 Å². The number of ketones is 1. The zero-order valence-electron chi connectivity index (χ0n) is 6.90. The first-order chi connectivity index (χ1) is 4.45. The predicted molar refractivity (Wildman–Crippen MR) is 42.5 cm³/mol. The van der Waals surface area contributed by atoms with E-state index in [1.54, 1.807) is 0 Å².